The van der Waals surface area contributed by atoms with Crippen molar-refractivity contribution in [2.24, 2.45) is 5.92 Å². The molecule has 2 aliphatic heterocycles. The van der Waals surface area contributed by atoms with Gasteiger partial charge in [0.2, 0.25) is 11.8 Å². The fourth-order valence-electron chi connectivity index (χ4n) is 2.72. The molecule has 1 aromatic rings. The summed E-state index contributed by atoms with van der Waals surface area (Å²) in [5.41, 5.74) is 0.264. The van der Waals surface area contributed by atoms with Gasteiger partial charge < -0.3 is 4.18 Å². The van der Waals surface area contributed by atoms with Crippen molar-refractivity contribution in [3.8, 4) is 5.75 Å². The Bertz CT molecular complexity index is 511. The monoisotopic (exact) mass is 267 g/mol. The lowest BCUT2D eigenvalue weighted by molar-refractivity contribution is -0.151. The summed E-state index contributed by atoms with van der Waals surface area (Å²) in [6, 6.07) is 6.73. The Morgan fingerprint density at radius 1 is 1.28 bits per heavy atom. The fraction of sp³-hybridized carbons (Fsp3) is 0.333. The molecular weight excluding hydrogens is 257 g/mol. The van der Waals surface area contributed by atoms with Gasteiger partial charge in [0.1, 0.15) is 5.75 Å². The molecule has 2 bridgehead atoms. The zero-order valence-corrected chi connectivity index (χ0v) is 10.1. The van der Waals surface area contributed by atoms with Crippen LogP contribution in [0, 0.1) is 5.92 Å². The summed E-state index contributed by atoms with van der Waals surface area (Å²) < 4.78 is 16.5. The molecular formula is C12H10FNO3S. The van der Waals surface area contributed by atoms with E-state index in [2.05, 4.69) is 9.50 Å². The molecule has 1 aromatic carbocycles. The van der Waals surface area contributed by atoms with Crippen molar-refractivity contribution in [2.75, 3.05) is 0 Å². The van der Waals surface area contributed by atoms with Gasteiger partial charge in [-0.2, -0.15) is 0 Å². The highest BCUT2D eigenvalue weighted by atomic mass is 32.2. The summed E-state index contributed by atoms with van der Waals surface area (Å²) in [7, 11) is 0. The van der Waals surface area contributed by atoms with Gasteiger partial charge in [-0.1, -0.05) is 12.1 Å². The molecule has 4 rings (SSSR count). The highest BCUT2D eigenvalue weighted by Crippen LogP contribution is 2.51. The molecule has 18 heavy (non-hydrogen) atoms. The molecule has 6 heteroatoms. The van der Waals surface area contributed by atoms with Gasteiger partial charge in [-0.05, 0) is 30.5 Å². The second kappa shape index (κ2) is 3.98. The Morgan fingerprint density at radius 2 is 1.94 bits per heavy atom. The molecule has 0 atom stereocenters. The highest BCUT2D eigenvalue weighted by Gasteiger charge is 2.58. The molecule has 3 fully saturated rings. The molecule has 0 radical (unpaired) electrons. The van der Waals surface area contributed by atoms with E-state index in [1.54, 1.807) is 24.3 Å². The number of hydrogen-bond donors (Lipinski definition) is 1. The third-order valence-corrected chi connectivity index (χ3v) is 4.02. The summed E-state index contributed by atoms with van der Waals surface area (Å²) in [4.78, 5) is 23.3. The predicted octanol–water partition coefficient (Wildman–Crippen LogP) is 1.90. The molecule has 1 aliphatic carbocycles. The highest BCUT2D eigenvalue weighted by molar-refractivity contribution is 7.89. The van der Waals surface area contributed by atoms with Crippen LogP contribution < -0.4 is 9.50 Å². The number of amides is 2. The van der Waals surface area contributed by atoms with Crippen molar-refractivity contribution in [3.05, 3.63) is 29.8 Å². The smallest absolute Gasteiger partial charge is 0.272 e. The van der Waals surface area contributed by atoms with Crippen molar-refractivity contribution in [3.63, 3.8) is 0 Å². The van der Waals surface area contributed by atoms with Gasteiger partial charge in [0, 0.05) is 5.92 Å². The summed E-state index contributed by atoms with van der Waals surface area (Å²) in [5.74, 6) is -0.0648. The first-order valence-electron chi connectivity index (χ1n) is 5.57. The van der Waals surface area contributed by atoms with Crippen LogP contribution in [0.25, 0.3) is 0 Å². The maximum atomic E-state index is 11.9. The van der Waals surface area contributed by atoms with Crippen molar-refractivity contribution in [1.82, 2.24) is 5.32 Å². The van der Waals surface area contributed by atoms with Crippen LogP contribution in [0.1, 0.15) is 18.4 Å². The number of piperidine rings is 2. The molecule has 2 amide bonds. The van der Waals surface area contributed by atoms with E-state index in [-0.39, 0.29) is 30.2 Å². The minimum atomic E-state index is -0.583. The number of carbonyl (C=O) groups excluding carboxylic acids is 2. The average Bonchev–Trinajstić information content (AvgIpc) is 2.29. The van der Waals surface area contributed by atoms with Gasteiger partial charge in [-0.3, -0.25) is 14.9 Å². The fourth-order valence-corrected chi connectivity index (χ4v) is 2.90. The number of rotatable bonds is 3. The first-order chi connectivity index (χ1) is 8.65. The molecule has 0 unspecified atom stereocenters. The number of imide groups is 1. The average molecular weight is 267 g/mol. The van der Waals surface area contributed by atoms with Crippen molar-refractivity contribution < 1.29 is 17.7 Å². The number of nitrogens with one attached hydrogen (secondary N) is 1. The molecule has 0 spiro atoms. The molecule has 4 nitrogen and oxygen atoms in total. The van der Waals surface area contributed by atoms with Gasteiger partial charge in [-0.15, -0.1) is 3.89 Å². The lowest BCUT2D eigenvalue weighted by Crippen LogP contribution is -2.64. The van der Waals surface area contributed by atoms with E-state index in [1.807, 2.05) is 0 Å². The van der Waals surface area contributed by atoms with Crippen molar-refractivity contribution >= 4 is 24.2 Å². The van der Waals surface area contributed by atoms with E-state index in [0.29, 0.717) is 18.6 Å². The van der Waals surface area contributed by atoms with Crippen LogP contribution in [0.3, 0.4) is 0 Å². The van der Waals surface area contributed by atoms with Gasteiger partial charge in [-0.25, -0.2) is 0 Å². The number of carbonyl (C=O) groups is 2. The molecule has 94 valence electrons. The van der Waals surface area contributed by atoms with E-state index in [1.165, 1.54) is 0 Å². The topological polar surface area (TPSA) is 55.4 Å². The largest absolute Gasteiger partial charge is 0.397 e. The third-order valence-electron chi connectivity index (χ3n) is 3.77. The normalized spacial score (nSPS) is 29.5. The lowest BCUT2D eigenvalue weighted by atomic mass is 9.55. The van der Waals surface area contributed by atoms with Gasteiger partial charge in [0.25, 0.3) is 12.4 Å². The first kappa shape index (κ1) is 11.5. The van der Waals surface area contributed by atoms with Crippen LogP contribution in [0.5, 0.6) is 5.75 Å². The zero-order valence-electron chi connectivity index (χ0n) is 9.31. The number of halogens is 1. The maximum Gasteiger partial charge on any atom is 0.272 e. The molecule has 1 N–H and O–H groups in total. The maximum absolute atomic E-state index is 11.9. The lowest BCUT2D eigenvalue weighted by Gasteiger charge is -2.49. The Morgan fingerprint density at radius 3 is 2.50 bits per heavy atom. The third kappa shape index (κ3) is 1.52. The quantitative estimate of drug-likeness (QED) is 0.671. The molecule has 1 saturated carbocycles. The van der Waals surface area contributed by atoms with Crippen molar-refractivity contribution in [1.29, 1.82) is 0 Å². The van der Waals surface area contributed by atoms with E-state index in [9.17, 15) is 13.5 Å². The van der Waals surface area contributed by atoms with Crippen LogP contribution in [-0.2, 0) is 15.0 Å². The van der Waals surface area contributed by atoms with Crippen LogP contribution >= 0.6 is 12.4 Å². The summed E-state index contributed by atoms with van der Waals surface area (Å²) in [6.07, 6.45) is 1.13. The molecule has 2 heterocycles. The SMILES string of the molecule is O=C1NC(=O)C2(c3ccc(OSF)cc3)CC1C2. The van der Waals surface area contributed by atoms with Gasteiger partial charge in [0.15, 0.2) is 0 Å². The molecule has 3 aliphatic rings. The van der Waals surface area contributed by atoms with E-state index in [0.717, 1.165) is 5.56 Å². The minimum Gasteiger partial charge on any atom is -0.397 e. The Kier molecular flexibility index (Phi) is 2.55. The van der Waals surface area contributed by atoms with Crippen LogP contribution in [-0.4, -0.2) is 11.8 Å². The minimum absolute atomic E-state index is 0.0555. The zero-order chi connectivity index (χ0) is 12.8. The van der Waals surface area contributed by atoms with E-state index in [4.69, 9.17) is 0 Å². The Labute approximate surface area is 107 Å². The summed E-state index contributed by atoms with van der Waals surface area (Å²) in [6.45, 7) is 0. The van der Waals surface area contributed by atoms with Gasteiger partial charge in [0.05, 0.1) is 5.41 Å². The van der Waals surface area contributed by atoms with Crippen molar-refractivity contribution in [2.45, 2.75) is 18.3 Å². The molecule has 2 saturated heterocycles. The molecule has 0 aromatic heterocycles. The Balaban J connectivity index is 1.87. The number of fused-ring (bicyclic) bond motifs is 2. The second-order valence-electron chi connectivity index (χ2n) is 4.68. The first-order valence-corrected chi connectivity index (χ1v) is 6.21. The van der Waals surface area contributed by atoms with Crippen LogP contribution in [0.4, 0.5) is 3.89 Å². The Hall–Kier alpha value is -1.56. The van der Waals surface area contributed by atoms with Crippen LogP contribution in [0.15, 0.2) is 24.3 Å². The number of benzene rings is 1. The van der Waals surface area contributed by atoms with E-state index < -0.39 is 5.41 Å². The standard InChI is InChI=1S/C12H10FNO3S/c13-18-17-9-3-1-8(2-4-9)12-5-7(6-12)10(15)14-11(12)16/h1-4,7H,5-6H2,(H,14,15,16). The summed E-state index contributed by atoms with van der Waals surface area (Å²) in [5, 5.41) is 2.38. The second-order valence-corrected chi connectivity index (χ2v) is 4.97. The van der Waals surface area contributed by atoms with E-state index >= 15 is 0 Å². The number of hydrogen-bond acceptors (Lipinski definition) is 4. The summed E-state index contributed by atoms with van der Waals surface area (Å²) >= 11 is -0.218. The van der Waals surface area contributed by atoms with Gasteiger partial charge >= 0.3 is 0 Å². The predicted molar refractivity (Wildman–Crippen MR) is 63.3 cm³/mol. The van der Waals surface area contributed by atoms with Crippen LogP contribution in [0.2, 0.25) is 0 Å².